The molecule has 4 N–H and O–H groups in total. The number of rotatable bonds is 5. The molecule has 108 valence electrons. The quantitative estimate of drug-likeness (QED) is 0.675. The molecule has 1 aromatic heterocycles. The van der Waals surface area contributed by atoms with Crippen LogP contribution in [0.5, 0.6) is 0 Å². The zero-order valence-electron chi connectivity index (χ0n) is 11.2. The summed E-state index contributed by atoms with van der Waals surface area (Å²) in [6.45, 7) is 0.188. The molecule has 7 nitrogen and oxygen atoms in total. The largest absolute Gasteiger partial charge is 0.399 e. The number of anilines is 1. The van der Waals surface area contributed by atoms with E-state index in [4.69, 9.17) is 5.73 Å². The molecule has 0 bridgehead atoms. The van der Waals surface area contributed by atoms with Crippen molar-refractivity contribution in [2.75, 3.05) is 12.3 Å². The van der Waals surface area contributed by atoms with Crippen molar-refractivity contribution in [2.24, 2.45) is 0 Å². The second kappa shape index (κ2) is 6.99. The van der Waals surface area contributed by atoms with Crippen LogP contribution in [0.25, 0.3) is 0 Å². The van der Waals surface area contributed by atoms with Crippen LogP contribution < -0.4 is 16.4 Å². The molecular formula is C14H15N5O2. The van der Waals surface area contributed by atoms with Gasteiger partial charge in [0, 0.05) is 17.4 Å². The first-order valence-corrected chi connectivity index (χ1v) is 6.30. The van der Waals surface area contributed by atoms with Gasteiger partial charge in [-0.2, -0.15) is 0 Å². The lowest BCUT2D eigenvalue weighted by Crippen LogP contribution is -2.36. The third kappa shape index (κ3) is 4.57. The summed E-state index contributed by atoms with van der Waals surface area (Å²) in [6.07, 6.45) is 3.00. The normalized spacial score (nSPS) is 9.90. The summed E-state index contributed by atoms with van der Waals surface area (Å²) in [5, 5.41) is 5.18. The summed E-state index contributed by atoms with van der Waals surface area (Å²) in [5.41, 5.74) is 7.26. The fourth-order valence-electron chi connectivity index (χ4n) is 1.57. The summed E-state index contributed by atoms with van der Waals surface area (Å²) < 4.78 is 0. The Morgan fingerprint density at radius 2 is 1.86 bits per heavy atom. The van der Waals surface area contributed by atoms with Crippen molar-refractivity contribution >= 4 is 17.5 Å². The van der Waals surface area contributed by atoms with Crippen molar-refractivity contribution in [1.29, 1.82) is 0 Å². The predicted molar refractivity (Wildman–Crippen MR) is 77.1 cm³/mol. The molecule has 0 saturated heterocycles. The number of carbonyl (C=O) groups excluding carboxylic acids is 2. The molecule has 0 aliphatic heterocycles. The molecular weight excluding hydrogens is 270 g/mol. The number of nitrogen functional groups attached to an aromatic ring is 1. The van der Waals surface area contributed by atoms with E-state index in [0.29, 0.717) is 23.5 Å². The molecule has 0 saturated carbocycles. The van der Waals surface area contributed by atoms with Crippen LogP contribution in [0.4, 0.5) is 5.69 Å². The molecule has 21 heavy (non-hydrogen) atoms. The van der Waals surface area contributed by atoms with E-state index >= 15 is 0 Å². The van der Waals surface area contributed by atoms with Crippen LogP contribution in [0, 0.1) is 0 Å². The molecule has 0 aliphatic carbocycles. The number of hydrogen-bond donors (Lipinski definition) is 3. The van der Waals surface area contributed by atoms with Crippen LogP contribution in [-0.2, 0) is 11.3 Å². The summed E-state index contributed by atoms with van der Waals surface area (Å²) in [4.78, 5) is 31.2. The first-order valence-electron chi connectivity index (χ1n) is 6.30. The zero-order valence-corrected chi connectivity index (χ0v) is 11.2. The van der Waals surface area contributed by atoms with Gasteiger partial charge in [-0.25, -0.2) is 9.97 Å². The number of nitrogens with zero attached hydrogens (tertiary/aromatic N) is 2. The van der Waals surface area contributed by atoms with Crippen molar-refractivity contribution < 1.29 is 9.59 Å². The van der Waals surface area contributed by atoms with E-state index in [1.807, 2.05) is 0 Å². The molecule has 7 heteroatoms. The minimum absolute atomic E-state index is 0.103. The highest BCUT2D eigenvalue weighted by Crippen LogP contribution is 2.04. The Labute approximate surface area is 121 Å². The second-order valence-electron chi connectivity index (χ2n) is 4.28. The Morgan fingerprint density at radius 1 is 1.10 bits per heavy atom. The summed E-state index contributed by atoms with van der Waals surface area (Å²) in [6, 6.07) is 8.16. The Bertz CT molecular complexity index is 613. The minimum atomic E-state index is -0.327. The van der Waals surface area contributed by atoms with E-state index in [1.165, 1.54) is 6.33 Å². The molecule has 2 aromatic rings. The molecule has 1 heterocycles. The lowest BCUT2D eigenvalue weighted by molar-refractivity contribution is -0.120. The first-order chi connectivity index (χ1) is 10.1. The molecule has 2 amide bonds. The van der Waals surface area contributed by atoms with Gasteiger partial charge in [0.1, 0.15) is 6.33 Å². The van der Waals surface area contributed by atoms with Crippen molar-refractivity contribution in [3.05, 3.63) is 54.1 Å². The fraction of sp³-hybridized carbons (Fsp3) is 0.143. The van der Waals surface area contributed by atoms with Gasteiger partial charge in [-0.1, -0.05) is 0 Å². The Kier molecular flexibility index (Phi) is 4.81. The fourth-order valence-corrected chi connectivity index (χ4v) is 1.57. The summed E-state index contributed by atoms with van der Waals surface area (Å²) in [5.74, 6) is -0.621. The number of nitrogens with one attached hydrogen (secondary N) is 2. The highest BCUT2D eigenvalue weighted by Gasteiger charge is 2.07. The van der Waals surface area contributed by atoms with Gasteiger partial charge < -0.3 is 16.4 Å². The lowest BCUT2D eigenvalue weighted by atomic mass is 10.2. The number of aromatic nitrogens is 2. The molecule has 1 aromatic carbocycles. The number of benzene rings is 1. The molecule has 0 spiro atoms. The second-order valence-corrected chi connectivity index (χ2v) is 4.28. The van der Waals surface area contributed by atoms with Crippen LogP contribution in [0.15, 0.2) is 42.9 Å². The number of carbonyl (C=O) groups is 2. The van der Waals surface area contributed by atoms with Crippen molar-refractivity contribution in [2.45, 2.75) is 6.54 Å². The van der Waals surface area contributed by atoms with Gasteiger partial charge in [0.2, 0.25) is 5.91 Å². The average Bonchev–Trinajstić information content (AvgIpc) is 2.52. The lowest BCUT2D eigenvalue weighted by Gasteiger charge is -2.06. The number of nitrogens with two attached hydrogens (primary N) is 1. The topological polar surface area (TPSA) is 110 Å². The Hall–Kier alpha value is -2.96. The van der Waals surface area contributed by atoms with E-state index in [2.05, 4.69) is 20.6 Å². The number of hydrogen-bond acceptors (Lipinski definition) is 5. The molecule has 0 unspecified atom stereocenters. The third-order valence-corrected chi connectivity index (χ3v) is 2.69. The van der Waals surface area contributed by atoms with Crippen LogP contribution in [0.3, 0.4) is 0 Å². The SMILES string of the molecule is Nc1ccc(C(=O)NCC(=O)NCc2ccncn2)cc1. The van der Waals surface area contributed by atoms with Crippen molar-refractivity contribution in [3.63, 3.8) is 0 Å². The van der Waals surface area contributed by atoms with Gasteiger partial charge in [0.15, 0.2) is 0 Å². The molecule has 0 fully saturated rings. The zero-order chi connectivity index (χ0) is 15.1. The molecule has 0 atom stereocenters. The van der Waals surface area contributed by atoms with E-state index in [1.54, 1.807) is 36.5 Å². The number of amides is 2. The van der Waals surface area contributed by atoms with Gasteiger partial charge in [0.25, 0.3) is 5.91 Å². The van der Waals surface area contributed by atoms with E-state index in [9.17, 15) is 9.59 Å². The maximum absolute atomic E-state index is 11.8. The summed E-state index contributed by atoms with van der Waals surface area (Å²) in [7, 11) is 0. The maximum atomic E-state index is 11.8. The Morgan fingerprint density at radius 3 is 2.52 bits per heavy atom. The van der Waals surface area contributed by atoms with Crippen molar-refractivity contribution in [1.82, 2.24) is 20.6 Å². The molecule has 2 rings (SSSR count). The molecule has 0 aliphatic rings. The van der Waals surface area contributed by atoms with E-state index in [-0.39, 0.29) is 18.4 Å². The standard InChI is InChI=1S/C14H15N5O2/c15-11-3-1-10(2-4-11)14(21)18-8-13(20)17-7-12-5-6-16-9-19-12/h1-6,9H,7-8,15H2,(H,17,20)(H,18,21). The minimum Gasteiger partial charge on any atom is -0.399 e. The average molecular weight is 285 g/mol. The third-order valence-electron chi connectivity index (χ3n) is 2.69. The van der Waals surface area contributed by atoms with Crippen LogP contribution >= 0.6 is 0 Å². The van der Waals surface area contributed by atoms with Gasteiger partial charge in [-0.05, 0) is 30.3 Å². The summed E-state index contributed by atoms with van der Waals surface area (Å²) >= 11 is 0. The smallest absolute Gasteiger partial charge is 0.251 e. The van der Waals surface area contributed by atoms with E-state index in [0.717, 1.165) is 0 Å². The first kappa shape index (κ1) is 14.4. The maximum Gasteiger partial charge on any atom is 0.251 e. The van der Waals surface area contributed by atoms with Gasteiger partial charge in [0.05, 0.1) is 18.8 Å². The predicted octanol–water partition coefficient (Wildman–Crippen LogP) is 0.105. The van der Waals surface area contributed by atoms with Crippen LogP contribution in [0.1, 0.15) is 16.1 Å². The van der Waals surface area contributed by atoms with Gasteiger partial charge in [-0.15, -0.1) is 0 Å². The van der Waals surface area contributed by atoms with Crippen LogP contribution in [0.2, 0.25) is 0 Å². The van der Waals surface area contributed by atoms with E-state index < -0.39 is 0 Å². The van der Waals surface area contributed by atoms with Crippen LogP contribution in [-0.4, -0.2) is 28.3 Å². The van der Waals surface area contributed by atoms with Gasteiger partial charge >= 0.3 is 0 Å². The Balaban J connectivity index is 1.76. The monoisotopic (exact) mass is 285 g/mol. The molecule has 0 radical (unpaired) electrons. The van der Waals surface area contributed by atoms with Gasteiger partial charge in [-0.3, -0.25) is 9.59 Å². The highest BCUT2D eigenvalue weighted by molar-refractivity contribution is 5.96. The highest BCUT2D eigenvalue weighted by atomic mass is 16.2. The van der Waals surface area contributed by atoms with Crippen molar-refractivity contribution in [3.8, 4) is 0 Å².